The second-order valence-corrected chi connectivity index (χ2v) is 5.50. The third-order valence-electron chi connectivity index (χ3n) is 2.05. The first-order valence-corrected chi connectivity index (χ1v) is 6.45. The van der Waals surface area contributed by atoms with Gasteiger partial charge in [0.2, 0.25) is 10.0 Å². The first-order valence-electron chi connectivity index (χ1n) is 4.96. The van der Waals surface area contributed by atoms with E-state index >= 15 is 0 Å². The van der Waals surface area contributed by atoms with E-state index in [0.717, 1.165) is 18.2 Å². The number of phenols is 1. The van der Waals surface area contributed by atoms with Crippen molar-refractivity contribution < 1.29 is 18.4 Å². The van der Waals surface area contributed by atoms with Crippen molar-refractivity contribution in [3.63, 3.8) is 0 Å². The van der Waals surface area contributed by atoms with Crippen LogP contribution in [-0.4, -0.2) is 31.0 Å². The maximum atomic E-state index is 11.8. The molecule has 0 radical (unpaired) electrons. The van der Waals surface area contributed by atoms with Crippen LogP contribution in [0.4, 0.5) is 5.69 Å². The molecule has 0 saturated carbocycles. The van der Waals surface area contributed by atoms with Crippen LogP contribution in [0, 0.1) is 10.1 Å². The lowest BCUT2D eigenvalue weighted by molar-refractivity contribution is -0.386. The van der Waals surface area contributed by atoms with Crippen LogP contribution in [0.1, 0.15) is 6.92 Å². The van der Waals surface area contributed by atoms with E-state index in [0.29, 0.717) is 0 Å². The Kier molecular flexibility index (Phi) is 4.22. The van der Waals surface area contributed by atoms with Crippen molar-refractivity contribution in [1.82, 2.24) is 4.72 Å². The molecule has 0 spiro atoms. The second kappa shape index (κ2) is 5.29. The molecule has 1 aromatic carbocycles. The summed E-state index contributed by atoms with van der Waals surface area (Å²) in [5, 5.41) is 19.8. The van der Waals surface area contributed by atoms with Gasteiger partial charge in [-0.1, -0.05) is 0 Å². The number of nitrogens with two attached hydrogens (primary N) is 1. The molecule has 0 amide bonds. The summed E-state index contributed by atoms with van der Waals surface area (Å²) < 4.78 is 25.7. The average Bonchev–Trinajstić information content (AvgIpc) is 2.26. The minimum absolute atomic E-state index is 0.0109. The van der Waals surface area contributed by atoms with E-state index in [1.54, 1.807) is 6.92 Å². The van der Waals surface area contributed by atoms with Crippen molar-refractivity contribution in [2.24, 2.45) is 5.73 Å². The molecule has 8 nitrogen and oxygen atoms in total. The van der Waals surface area contributed by atoms with Crippen LogP contribution in [-0.2, 0) is 10.0 Å². The van der Waals surface area contributed by atoms with E-state index in [-0.39, 0.29) is 17.5 Å². The monoisotopic (exact) mass is 275 g/mol. The number of sulfonamides is 1. The number of aromatic hydroxyl groups is 1. The summed E-state index contributed by atoms with van der Waals surface area (Å²) in [4.78, 5) is 9.42. The molecule has 1 aromatic rings. The van der Waals surface area contributed by atoms with Gasteiger partial charge >= 0.3 is 5.69 Å². The van der Waals surface area contributed by atoms with Crippen molar-refractivity contribution in [3.8, 4) is 5.75 Å². The maximum absolute atomic E-state index is 11.8. The van der Waals surface area contributed by atoms with Gasteiger partial charge in [0.15, 0.2) is 5.75 Å². The minimum atomic E-state index is -3.87. The van der Waals surface area contributed by atoms with Crippen molar-refractivity contribution >= 4 is 15.7 Å². The van der Waals surface area contributed by atoms with Gasteiger partial charge in [-0.15, -0.1) is 0 Å². The molecule has 1 rings (SSSR count). The summed E-state index contributed by atoms with van der Waals surface area (Å²) in [6, 6.07) is 2.44. The van der Waals surface area contributed by atoms with Crippen LogP contribution in [0.25, 0.3) is 0 Å². The highest BCUT2D eigenvalue weighted by Crippen LogP contribution is 2.27. The molecular weight excluding hydrogens is 262 g/mol. The molecule has 0 heterocycles. The van der Waals surface area contributed by atoms with Gasteiger partial charge in [0, 0.05) is 18.7 Å². The van der Waals surface area contributed by atoms with Gasteiger partial charge < -0.3 is 10.8 Å². The lowest BCUT2D eigenvalue weighted by Crippen LogP contribution is -2.35. The SMILES string of the molecule is CC(N)CNS(=O)(=O)c1ccc(O)c([N+](=O)[O-])c1. The van der Waals surface area contributed by atoms with Gasteiger partial charge in [0.1, 0.15) is 0 Å². The predicted octanol–water partition coefficient (Wildman–Crippen LogP) is -0.0741. The molecule has 0 aliphatic carbocycles. The summed E-state index contributed by atoms with van der Waals surface area (Å²) in [5.41, 5.74) is 4.74. The van der Waals surface area contributed by atoms with Gasteiger partial charge in [-0.25, -0.2) is 13.1 Å². The van der Waals surface area contributed by atoms with Crippen LogP contribution >= 0.6 is 0 Å². The van der Waals surface area contributed by atoms with Crippen LogP contribution in [0.5, 0.6) is 5.75 Å². The topological polar surface area (TPSA) is 136 Å². The Hall–Kier alpha value is -1.71. The Morgan fingerprint density at radius 3 is 2.67 bits per heavy atom. The average molecular weight is 275 g/mol. The number of phenolic OH excluding ortho intramolecular Hbond substituents is 1. The van der Waals surface area contributed by atoms with E-state index in [1.165, 1.54) is 0 Å². The molecule has 0 bridgehead atoms. The van der Waals surface area contributed by atoms with Crippen molar-refractivity contribution in [2.75, 3.05) is 6.54 Å². The number of hydrogen-bond donors (Lipinski definition) is 3. The number of nitrogens with zero attached hydrogens (tertiary/aromatic N) is 1. The third kappa shape index (κ3) is 3.39. The quantitative estimate of drug-likeness (QED) is 0.508. The molecule has 18 heavy (non-hydrogen) atoms. The number of nitro groups is 1. The van der Waals surface area contributed by atoms with E-state index in [9.17, 15) is 23.6 Å². The molecule has 0 fully saturated rings. The zero-order valence-corrected chi connectivity index (χ0v) is 10.3. The zero-order chi connectivity index (χ0) is 13.9. The Balaban J connectivity index is 3.10. The third-order valence-corrected chi connectivity index (χ3v) is 3.47. The van der Waals surface area contributed by atoms with Crippen LogP contribution < -0.4 is 10.5 Å². The molecule has 0 aliphatic rings. The van der Waals surface area contributed by atoms with Crippen LogP contribution in [0.15, 0.2) is 23.1 Å². The van der Waals surface area contributed by atoms with E-state index in [1.807, 2.05) is 0 Å². The fraction of sp³-hybridized carbons (Fsp3) is 0.333. The fourth-order valence-corrected chi connectivity index (χ4v) is 2.30. The first kappa shape index (κ1) is 14.4. The van der Waals surface area contributed by atoms with Crippen molar-refractivity contribution in [1.29, 1.82) is 0 Å². The minimum Gasteiger partial charge on any atom is -0.502 e. The Morgan fingerprint density at radius 1 is 1.56 bits per heavy atom. The van der Waals surface area contributed by atoms with E-state index in [2.05, 4.69) is 4.72 Å². The molecule has 1 unspecified atom stereocenters. The molecule has 100 valence electrons. The molecular formula is C9H13N3O5S. The number of nitro benzene ring substituents is 1. The largest absolute Gasteiger partial charge is 0.502 e. The van der Waals surface area contributed by atoms with Crippen LogP contribution in [0.3, 0.4) is 0 Å². The molecule has 0 saturated heterocycles. The van der Waals surface area contributed by atoms with Gasteiger partial charge in [0.25, 0.3) is 0 Å². The smallest absolute Gasteiger partial charge is 0.312 e. The highest BCUT2D eigenvalue weighted by atomic mass is 32.2. The van der Waals surface area contributed by atoms with Gasteiger partial charge in [-0.05, 0) is 19.1 Å². The van der Waals surface area contributed by atoms with Gasteiger partial charge in [-0.2, -0.15) is 0 Å². The number of benzene rings is 1. The zero-order valence-electron chi connectivity index (χ0n) is 9.53. The standard InChI is InChI=1S/C9H13N3O5S/c1-6(10)5-11-18(16,17)7-2-3-9(13)8(4-7)12(14)15/h2-4,6,11,13H,5,10H2,1H3. The first-order chi connectivity index (χ1) is 8.24. The normalized spacial score (nSPS) is 13.2. The van der Waals surface area contributed by atoms with Crippen LogP contribution in [0.2, 0.25) is 0 Å². The van der Waals surface area contributed by atoms with E-state index < -0.39 is 26.4 Å². The summed E-state index contributed by atoms with van der Waals surface area (Å²) in [5.74, 6) is -0.592. The lowest BCUT2D eigenvalue weighted by Gasteiger charge is -2.08. The molecule has 0 aromatic heterocycles. The lowest BCUT2D eigenvalue weighted by atomic mass is 10.3. The Morgan fingerprint density at radius 2 is 2.17 bits per heavy atom. The Bertz CT molecular complexity index is 555. The molecule has 9 heteroatoms. The van der Waals surface area contributed by atoms with E-state index in [4.69, 9.17) is 5.73 Å². The highest BCUT2D eigenvalue weighted by molar-refractivity contribution is 7.89. The van der Waals surface area contributed by atoms with Gasteiger partial charge in [-0.3, -0.25) is 10.1 Å². The van der Waals surface area contributed by atoms with Gasteiger partial charge in [0.05, 0.1) is 9.82 Å². The molecule has 0 aliphatic heterocycles. The number of hydrogen-bond acceptors (Lipinski definition) is 6. The number of rotatable bonds is 5. The molecule has 1 atom stereocenters. The fourth-order valence-electron chi connectivity index (χ4n) is 1.14. The predicted molar refractivity (Wildman–Crippen MR) is 63.6 cm³/mol. The van der Waals surface area contributed by atoms with Crippen molar-refractivity contribution in [3.05, 3.63) is 28.3 Å². The Labute approximate surface area is 104 Å². The second-order valence-electron chi connectivity index (χ2n) is 3.74. The van der Waals surface area contributed by atoms with Crippen molar-refractivity contribution in [2.45, 2.75) is 17.9 Å². The highest BCUT2D eigenvalue weighted by Gasteiger charge is 2.21. The summed E-state index contributed by atoms with van der Waals surface area (Å²) >= 11 is 0. The molecule has 4 N–H and O–H groups in total. The summed E-state index contributed by atoms with van der Waals surface area (Å²) in [7, 11) is -3.87. The maximum Gasteiger partial charge on any atom is 0.312 e. The number of nitrogens with one attached hydrogen (secondary N) is 1. The summed E-state index contributed by atoms with van der Waals surface area (Å²) in [6.45, 7) is 1.62. The summed E-state index contributed by atoms with van der Waals surface area (Å²) in [6.07, 6.45) is 0.